The van der Waals surface area contributed by atoms with E-state index in [1.807, 2.05) is 0 Å². The summed E-state index contributed by atoms with van der Waals surface area (Å²) in [6, 6.07) is 5.96. The number of alkyl halides is 3. The second-order valence-electron chi connectivity index (χ2n) is 6.33. The zero-order valence-electron chi connectivity index (χ0n) is 16.5. The molecule has 1 heterocycles. The van der Waals surface area contributed by atoms with Crippen molar-refractivity contribution in [3.8, 4) is 17.2 Å². The molecule has 12 heteroatoms. The van der Waals surface area contributed by atoms with Crippen LogP contribution in [0.4, 0.5) is 23.2 Å². The number of hydrogen-bond acceptors (Lipinski definition) is 5. The van der Waals surface area contributed by atoms with E-state index >= 15 is 0 Å². The van der Waals surface area contributed by atoms with Crippen molar-refractivity contribution in [2.24, 2.45) is 0 Å². The molecule has 32 heavy (non-hydrogen) atoms. The number of benzene rings is 2. The molecular weight excluding hydrogens is 438 g/mol. The first-order valence-electron chi connectivity index (χ1n) is 8.82. The minimum absolute atomic E-state index is 0.0460. The van der Waals surface area contributed by atoms with E-state index in [4.69, 9.17) is 9.47 Å². The number of anilines is 1. The highest BCUT2D eigenvalue weighted by Crippen LogP contribution is 2.33. The van der Waals surface area contributed by atoms with E-state index in [1.54, 1.807) is 0 Å². The number of amides is 1. The molecule has 168 valence electrons. The molecule has 2 aromatic carbocycles. The summed E-state index contributed by atoms with van der Waals surface area (Å²) < 4.78 is 63.0. The number of nitrogens with one attached hydrogen (secondary N) is 2. The van der Waals surface area contributed by atoms with Crippen LogP contribution in [-0.4, -0.2) is 29.7 Å². The summed E-state index contributed by atoms with van der Waals surface area (Å²) in [6.45, 7) is 0. The van der Waals surface area contributed by atoms with Gasteiger partial charge in [0.05, 0.1) is 25.5 Å². The molecular formula is C20H15F4N3O5. The van der Waals surface area contributed by atoms with Crippen molar-refractivity contribution in [2.75, 3.05) is 19.5 Å². The summed E-state index contributed by atoms with van der Waals surface area (Å²) in [5.74, 6) is -2.10. The maximum Gasteiger partial charge on any atom is 0.419 e. The van der Waals surface area contributed by atoms with E-state index in [2.05, 4.69) is 10.3 Å². The van der Waals surface area contributed by atoms with Gasteiger partial charge in [0.15, 0.2) is 11.5 Å². The average Bonchev–Trinajstić information content (AvgIpc) is 2.74. The zero-order valence-corrected chi connectivity index (χ0v) is 16.5. The van der Waals surface area contributed by atoms with Gasteiger partial charge in [-0.1, -0.05) is 0 Å². The van der Waals surface area contributed by atoms with E-state index in [1.165, 1.54) is 32.4 Å². The van der Waals surface area contributed by atoms with Crippen LogP contribution >= 0.6 is 0 Å². The van der Waals surface area contributed by atoms with Crippen molar-refractivity contribution in [3.63, 3.8) is 0 Å². The molecule has 0 aliphatic heterocycles. The summed E-state index contributed by atoms with van der Waals surface area (Å²) >= 11 is 0. The maximum absolute atomic E-state index is 13.4. The molecule has 2 N–H and O–H groups in total. The first kappa shape index (κ1) is 22.6. The number of carbonyl (C=O) groups is 1. The number of rotatable bonds is 5. The normalized spacial score (nSPS) is 11.2. The molecule has 0 saturated carbocycles. The van der Waals surface area contributed by atoms with Gasteiger partial charge in [-0.3, -0.25) is 9.59 Å². The number of carbonyl (C=O) groups excluding carboxylic acids is 1. The lowest BCUT2D eigenvalue weighted by atomic mass is 10.1. The summed E-state index contributed by atoms with van der Waals surface area (Å²) in [5, 5.41) is 2.09. The van der Waals surface area contributed by atoms with Crippen molar-refractivity contribution in [3.05, 3.63) is 80.4 Å². The smallest absolute Gasteiger partial charge is 0.419 e. The van der Waals surface area contributed by atoms with Gasteiger partial charge in [-0.25, -0.2) is 13.8 Å². The lowest BCUT2D eigenvalue weighted by molar-refractivity contribution is -0.139. The van der Waals surface area contributed by atoms with Gasteiger partial charge in [0.2, 0.25) is 0 Å². The van der Waals surface area contributed by atoms with Crippen LogP contribution in [0.2, 0.25) is 0 Å². The molecule has 0 bridgehead atoms. The van der Waals surface area contributed by atoms with Crippen molar-refractivity contribution in [2.45, 2.75) is 6.18 Å². The van der Waals surface area contributed by atoms with E-state index in [0.29, 0.717) is 22.4 Å². The fourth-order valence-corrected chi connectivity index (χ4v) is 2.85. The van der Waals surface area contributed by atoms with Crippen molar-refractivity contribution in [1.29, 1.82) is 0 Å². The van der Waals surface area contributed by atoms with Crippen LogP contribution in [0, 0.1) is 5.82 Å². The van der Waals surface area contributed by atoms with Crippen LogP contribution in [0.3, 0.4) is 0 Å². The van der Waals surface area contributed by atoms with E-state index < -0.39 is 46.0 Å². The fraction of sp³-hybridized carbons (Fsp3) is 0.150. The molecule has 0 fully saturated rings. The van der Waals surface area contributed by atoms with Crippen LogP contribution in [0.15, 0.2) is 52.2 Å². The Morgan fingerprint density at radius 2 is 1.72 bits per heavy atom. The molecule has 0 atom stereocenters. The number of methoxy groups -OCH3 is 2. The molecule has 8 nitrogen and oxygen atoms in total. The lowest BCUT2D eigenvalue weighted by Crippen LogP contribution is -2.38. The monoisotopic (exact) mass is 453 g/mol. The van der Waals surface area contributed by atoms with E-state index in [9.17, 15) is 31.9 Å². The minimum atomic E-state index is -4.98. The van der Waals surface area contributed by atoms with Crippen LogP contribution in [0.5, 0.6) is 11.5 Å². The highest BCUT2D eigenvalue weighted by atomic mass is 19.4. The molecule has 3 aromatic rings. The molecule has 0 aliphatic rings. The van der Waals surface area contributed by atoms with Crippen molar-refractivity contribution >= 4 is 11.6 Å². The molecule has 1 aromatic heterocycles. The number of hydrogen-bond donors (Lipinski definition) is 2. The number of aromatic nitrogens is 2. The average molecular weight is 453 g/mol. The Morgan fingerprint density at radius 1 is 1.03 bits per heavy atom. The third-order valence-electron chi connectivity index (χ3n) is 4.38. The molecule has 0 radical (unpaired) electrons. The molecule has 0 unspecified atom stereocenters. The molecule has 3 rings (SSSR count). The first-order chi connectivity index (χ1) is 15.1. The van der Waals surface area contributed by atoms with Gasteiger partial charge < -0.3 is 19.8 Å². The Bertz CT molecular complexity index is 1300. The third kappa shape index (κ3) is 4.33. The lowest BCUT2D eigenvalue weighted by Gasteiger charge is -2.12. The van der Waals surface area contributed by atoms with Crippen LogP contribution in [-0.2, 0) is 6.18 Å². The van der Waals surface area contributed by atoms with Gasteiger partial charge in [0.1, 0.15) is 11.4 Å². The molecule has 0 aliphatic carbocycles. The van der Waals surface area contributed by atoms with Gasteiger partial charge in [-0.2, -0.15) is 13.2 Å². The Morgan fingerprint density at radius 3 is 2.34 bits per heavy atom. The second-order valence-corrected chi connectivity index (χ2v) is 6.33. The summed E-state index contributed by atoms with van der Waals surface area (Å²) in [5.41, 5.74) is -4.43. The topological polar surface area (TPSA) is 102 Å². The minimum Gasteiger partial charge on any atom is -0.493 e. The van der Waals surface area contributed by atoms with Crippen LogP contribution in [0.1, 0.15) is 15.9 Å². The van der Waals surface area contributed by atoms with Gasteiger partial charge in [-0.15, -0.1) is 0 Å². The predicted molar refractivity (Wildman–Crippen MR) is 105 cm³/mol. The highest BCUT2D eigenvalue weighted by Gasteiger charge is 2.34. The Kier molecular flexibility index (Phi) is 6.05. The summed E-state index contributed by atoms with van der Waals surface area (Å²) in [4.78, 5) is 39.8. The first-order valence-corrected chi connectivity index (χ1v) is 8.82. The largest absolute Gasteiger partial charge is 0.493 e. The SMILES string of the molecule is COc1ccc(-n2c(=O)[nH]cc(C(=O)Nc3ccc(F)c(C(F)(F)F)c3)c2=O)cc1OC. The third-order valence-corrected chi connectivity index (χ3v) is 4.38. The number of aromatic amines is 1. The summed E-state index contributed by atoms with van der Waals surface area (Å²) in [6.07, 6.45) is -4.16. The summed E-state index contributed by atoms with van der Waals surface area (Å²) in [7, 11) is 2.73. The van der Waals surface area contributed by atoms with E-state index in [-0.39, 0.29) is 11.4 Å². The molecule has 1 amide bonds. The number of halogens is 4. The van der Waals surface area contributed by atoms with Crippen molar-refractivity contribution < 1.29 is 31.8 Å². The standard InChI is InChI=1S/C20H15F4N3O5/c1-31-15-6-4-11(8-16(15)32-2)27-18(29)12(9-25-19(27)30)17(28)26-10-3-5-14(21)13(7-10)20(22,23)24/h3-9H,1-2H3,(H,25,30)(H,26,28). The van der Waals surface area contributed by atoms with Crippen molar-refractivity contribution in [1.82, 2.24) is 9.55 Å². The van der Waals surface area contributed by atoms with Crippen LogP contribution < -0.4 is 26.0 Å². The van der Waals surface area contributed by atoms with Gasteiger partial charge in [0.25, 0.3) is 11.5 Å². The fourth-order valence-electron chi connectivity index (χ4n) is 2.85. The van der Waals surface area contributed by atoms with Crippen LogP contribution in [0.25, 0.3) is 5.69 Å². The van der Waals surface area contributed by atoms with Gasteiger partial charge in [0, 0.05) is 18.0 Å². The van der Waals surface area contributed by atoms with E-state index in [0.717, 1.165) is 12.3 Å². The molecule has 0 spiro atoms. The molecule has 0 saturated heterocycles. The Balaban J connectivity index is 2.02. The Hall–Kier alpha value is -4.09. The quantitative estimate of drug-likeness (QED) is 0.579. The van der Waals surface area contributed by atoms with Gasteiger partial charge >= 0.3 is 11.9 Å². The predicted octanol–water partition coefficient (Wildman–Crippen LogP) is 2.95. The number of nitrogens with zero attached hydrogens (tertiary/aromatic N) is 1. The highest BCUT2D eigenvalue weighted by molar-refractivity contribution is 6.03. The second kappa shape index (κ2) is 8.57. The Labute approximate surface area is 177 Å². The zero-order chi connectivity index (χ0) is 23.6. The number of ether oxygens (including phenoxy) is 2. The van der Waals surface area contributed by atoms with Gasteiger partial charge in [-0.05, 0) is 30.3 Å². The number of H-pyrrole nitrogens is 1. The maximum atomic E-state index is 13.4.